The fourth-order valence-electron chi connectivity index (χ4n) is 2.74. The third kappa shape index (κ3) is 6.94. The topological polar surface area (TPSA) is 72.6 Å². The van der Waals surface area contributed by atoms with E-state index in [1.807, 2.05) is 30.3 Å². The first-order valence-corrected chi connectivity index (χ1v) is 8.93. The molecule has 0 saturated heterocycles. The molecule has 2 rings (SSSR count). The summed E-state index contributed by atoms with van der Waals surface area (Å²) in [5, 5.41) is 0. The molecule has 0 atom stereocenters. The summed E-state index contributed by atoms with van der Waals surface area (Å²) in [6.07, 6.45) is 0.790. The summed E-state index contributed by atoms with van der Waals surface area (Å²) in [6.45, 7) is 1.50. The van der Waals surface area contributed by atoms with Crippen molar-refractivity contribution in [3.8, 4) is 5.75 Å². The molecule has 2 aromatic carbocycles. The highest BCUT2D eigenvalue weighted by Gasteiger charge is 2.17. The van der Waals surface area contributed by atoms with Crippen molar-refractivity contribution in [2.75, 3.05) is 20.2 Å². The Morgan fingerprint density at radius 2 is 1.82 bits per heavy atom. The normalized spacial score (nSPS) is 10.1. The highest BCUT2D eigenvalue weighted by Crippen LogP contribution is 2.19. The minimum atomic E-state index is -0.594. The van der Waals surface area contributed by atoms with E-state index in [0.717, 1.165) is 11.6 Å². The van der Waals surface area contributed by atoms with Crippen molar-refractivity contribution in [2.45, 2.75) is 25.8 Å². The van der Waals surface area contributed by atoms with Crippen molar-refractivity contribution < 1.29 is 18.7 Å². The summed E-state index contributed by atoms with van der Waals surface area (Å²) < 4.78 is 18.6. The van der Waals surface area contributed by atoms with Crippen molar-refractivity contribution >= 4 is 24.1 Å². The molecule has 0 saturated carbocycles. The molecular formula is C21H26ClFN2O3. The number of hydrogen-bond donors (Lipinski definition) is 1. The SMILES string of the molecule is COc1ccc(C(=O)CCC(=O)N(CCCN)Cc2ccccc2)cc1F.Cl. The van der Waals surface area contributed by atoms with E-state index in [-0.39, 0.29) is 48.3 Å². The van der Waals surface area contributed by atoms with Gasteiger partial charge in [0.05, 0.1) is 7.11 Å². The smallest absolute Gasteiger partial charge is 0.223 e. The number of nitrogens with two attached hydrogens (primary N) is 1. The number of nitrogens with zero attached hydrogens (tertiary/aromatic N) is 1. The maximum Gasteiger partial charge on any atom is 0.223 e. The van der Waals surface area contributed by atoms with Crippen LogP contribution in [-0.2, 0) is 11.3 Å². The molecule has 28 heavy (non-hydrogen) atoms. The van der Waals surface area contributed by atoms with Gasteiger partial charge in [0.2, 0.25) is 5.91 Å². The van der Waals surface area contributed by atoms with Crippen molar-refractivity contribution in [2.24, 2.45) is 5.73 Å². The summed E-state index contributed by atoms with van der Waals surface area (Å²) in [5.41, 5.74) is 6.82. The minimum Gasteiger partial charge on any atom is -0.494 e. The van der Waals surface area contributed by atoms with Crippen molar-refractivity contribution in [3.63, 3.8) is 0 Å². The molecule has 2 aromatic rings. The third-order valence-electron chi connectivity index (χ3n) is 4.24. The van der Waals surface area contributed by atoms with Gasteiger partial charge >= 0.3 is 0 Å². The van der Waals surface area contributed by atoms with E-state index in [9.17, 15) is 14.0 Å². The van der Waals surface area contributed by atoms with Gasteiger partial charge in [0, 0.05) is 31.5 Å². The van der Waals surface area contributed by atoms with E-state index >= 15 is 0 Å². The molecule has 0 radical (unpaired) electrons. The van der Waals surface area contributed by atoms with Crippen LogP contribution in [0.15, 0.2) is 48.5 Å². The van der Waals surface area contributed by atoms with Gasteiger partial charge in [0.1, 0.15) is 0 Å². The zero-order valence-corrected chi connectivity index (χ0v) is 16.7. The van der Waals surface area contributed by atoms with E-state index in [4.69, 9.17) is 10.5 Å². The van der Waals surface area contributed by atoms with Crippen LogP contribution in [0.4, 0.5) is 4.39 Å². The monoisotopic (exact) mass is 408 g/mol. The quantitative estimate of drug-likeness (QED) is 0.610. The Kier molecular flexibility index (Phi) is 10.2. The molecule has 2 N–H and O–H groups in total. The number of methoxy groups -OCH3 is 1. The highest BCUT2D eigenvalue weighted by atomic mass is 35.5. The Labute approximate surface area is 171 Å². The second-order valence-electron chi connectivity index (χ2n) is 6.22. The lowest BCUT2D eigenvalue weighted by atomic mass is 10.1. The largest absolute Gasteiger partial charge is 0.494 e. The average molecular weight is 409 g/mol. The first-order chi connectivity index (χ1) is 13.0. The van der Waals surface area contributed by atoms with Crippen molar-refractivity contribution in [3.05, 3.63) is 65.5 Å². The van der Waals surface area contributed by atoms with Gasteiger partial charge in [-0.2, -0.15) is 0 Å². The summed E-state index contributed by atoms with van der Waals surface area (Å²) in [4.78, 5) is 26.6. The van der Waals surface area contributed by atoms with E-state index in [0.29, 0.717) is 26.1 Å². The molecule has 0 aliphatic rings. The molecule has 0 spiro atoms. The van der Waals surface area contributed by atoms with Crippen LogP contribution in [0.3, 0.4) is 0 Å². The molecule has 0 aromatic heterocycles. The molecule has 0 bridgehead atoms. The zero-order chi connectivity index (χ0) is 19.6. The number of carbonyl (C=O) groups is 2. The fraction of sp³-hybridized carbons (Fsp3) is 0.333. The molecule has 5 nitrogen and oxygen atoms in total. The van der Waals surface area contributed by atoms with Crippen LogP contribution in [0.25, 0.3) is 0 Å². The first kappa shape index (κ1) is 23.6. The minimum absolute atomic E-state index is 0. The fourth-order valence-corrected chi connectivity index (χ4v) is 2.74. The standard InChI is InChI=1S/C21H25FN2O3.ClH/c1-27-20-10-8-17(14-18(20)22)19(25)9-11-21(26)24(13-5-12-23)15-16-6-3-2-4-7-16;/h2-4,6-8,10,14H,5,9,11-13,15,23H2,1H3;1H. The lowest BCUT2D eigenvalue weighted by Gasteiger charge is -2.22. The number of ketones is 1. The summed E-state index contributed by atoms with van der Waals surface area (Å²) in [7, 11) is 1.36. The van der Waals surface area contributed by atoms with Crippen LogP contribution in [0.5, 0.6) is 5.75 Å². The zero-order valence-electron chi connectivity index (χ0n) is 15.9. The Hall–Kier alpha value is -2.44. The van der Waals surface area contributed by atoms with Crippen LogP contribution in [-0.4, -0.2) is 36.8 Å². The van der Waals surface area contributed by atoms with Gasteiger partial charge in [-0.25, -0.2) is 4.39 Å². The van der Waals surface area contributed by atoms with Gasteiger partial charge in [-0.3, -0.25) is 9.59 Å². The molecule has 0 heterocycles. The Bertz CT molecular complexity index is 772. The van der Waals surface area contributed by atoms with Crippen LogP contribution in [0.2, 0.25) is 0 Å². The number of hydrogen-bond acceptors (Lipinski definition) is 4. The van der Waals surface area contributed by atoms with Crippen molar-refractivity contribution in [1.29, 1.82) is 0 Å². The predicted octanol–water partition coefficient (Wildman–Crippen LogP) is 3.60. The number of ether oxygens (including phenoxy) is 1. The first-order valence-electron chi connectivity index (χ1n) is 8.93. The molecular weight excluding hydrogens is 383 g/mol. The van der Waals surface area contributed by atoms with Crippen LogP contribution in [0.1, 0.15) is 35.2 Å². The van der Waals surface area contributed by atoms with Crippen LogP contribution >= 0.6 is 12.4 Å². The number of rotatable bonds is 10. The molecule has 0 aliphatic heterocycles. The summed E-state index contributed by atoms with van der Waals surface area (Å²) in [6, 6.07) is 13.7. The van der Waals surface area contributed by atoms with E-state index in [1.165, 1.54) is 19.2 Å². The summed E-state index contributed by atoms with van der Waals surface area (Å²) in [5.74, 6) is -0.903. The van der Waals surface area contributed by atoms with Gasteiger partial charge in [-0.15, -0.1) is 12.4 Å². The highest BCUT2D eigenvalue weighted by molar-refractivity contribution is 5.98. The van der Waals surface area contributed by atoms with Gasteiger partial charge in [-0.05, 0) is 36.7 Å². The molecule has 1 amide bonds. The maximum atomic E-state index is 13.8. The lowest BCUT2D eigenvalue weighted by Crippen LogP contribution is -2.32. The van der Waals surface area contributed by atoms with Crippen LogP contribution < -0.4 is 10.5 Å². The number of benzene rings is 2. The van der Waals surface area contributed by atoms with Gasteiger partial charge in [0.15, 0.2) is 17.3 Å². The van der Waals surface area contributed by atoms with Crippen molar-refractivity contribution in [1.82, 2.24) is 4.90 Å². The maximum absolute atomic E-state index is 13.8. The van der Waals surface area contributed by atoms with Crippen LogP contribution in [0, 0.1) is 5.82 Å². The second-order valence-corrected chi connectivity index (χ2v) is 6.22. The number of Topliss-reactive ketones (excluding diaryl/α,β-unsaturated/α-hetero) is 1. The molecule has 0 unspecified atom stereocenters. The van der Waals surface area contributed by atoms with Gasteiger partial charge in [-0.1, -0.05) is 30.3 Å². The predicted molar refractivity (Wildman–Crippen MR) is 109 cm³/mol. The molecule has 0 fully saturated rings. The average Bonchev–Trinajstić information content (AvgIpc) is 2.69. The Balaban J connectivity index is 0.00000392. The number of carbonyl (C=O) groups excluding carboxylic acids is 2. The van der Waals surface area contributed by atoms with Gasteiger partial charge in [0.25, 0.3) is 0 Å². The Morgan fingerprint density at radius 1 is 1.11 bits per heavy atom. The summed E-state index contributed by atoms with van der Waals surface area (Å²) >= 11 is 0. The van der Waals surface area contributed by atoms with E-state index in [2.05, 4.69) is 0 Å². The van der Waals surface area contributed by atoms with E-state index in [1.54, 1.807) is 4.90 Å². The number of halogens is 2. The molecule has 0 aliphatic carbocycles. The van der Waals surface area contributed by atoms with E-state index < -0.39 is 5.82 Å². The molecule has 152 valence electrons. The third-order valence-corrected chi connectivity index (χ3v) is 4.24. The Morgan fingerprint density at radius 3 is 2.43 bits per heavy atom. The second kappa shape index (κ2) is 12.1. The van der Waals surface area contributed by atoms with Gasteiger partial charge < -0.3 is 15.4 Å². The lowest BCUT2D eigenvalue weighted by molar-refractivity contribution is -0.131. The number of amides is 1. The molecule has 7 heteroatoms.